The lowest BCUT2D eigenvalue weighted by molar-refractivity contribution is 0.0692. The molecule has 0 atom stereocenters. The molecule has 1 N–H and O–H groups in total. The fourth-order valence-electron chi connectivity index (χ4n) is 1.90. The van der Waals surface area contributed by atoms with E-state index in [1.807, 2.05) is 0 Å². The molecule has 0 aliphatic heterocycles. The summed E-state index contributed by atoms with van der Waals surface area (Å²) in [6.07, 6.45) is 0. The highest BCUT2D eigenvalue weighted by Gasteiger charge is 2.16. The largest absolute Gasteiger partial charge is 0.496 e. The van der Waals surface area contributed by atoms with E-state index in [-0.39, 0.29) is 5.56 Å². The van der Waals surface area contributed by atoms with Crippen LogP contribution in [0, 0.1) is 13.8 Å². The minimum Gasteiger partial charge on any atom is -0.496 e. The molecule has 0 unspecified atom stereocenters. The van der Waals surface area contributed by atoms with Crippen LogP contribution in [0.3, 0.4) is 0 Å². The van der Waals surface area contributed by atoms with Gasteiger partial charge in [-0.1, -0.05) is 0 Å². The van der Waals surface area contributed by atoms with Crippen molar-refractivity contribution in [2.24, 2.45) is 0 Å². The quantitative estimate of drug-likeness (QED) is 0.823. The SMILES string of the molecule is COc1cc(C)c2cc(C(=O)O)c(=O)oc2c1C. The summed E-state index contributed by atoms with van der Waals surface area (Å²) in [5.41, 5.74) is 0.605. The molecule has 18 heavy (non-hydrogen) atoms. The second kappa shape index (κ2) is 4.18. The first kappa shape index (κ1) is 12.2. The highest BCUT2D eigenvalue weighted by atomic mass is 16.5. The molecule has 2 rings (SSSR count). The summed E-state index contributed by atoms with van der Waals surface area (Å²) >= 11 is 0. The van der Waals surface area contributed by atoms with E-state index < -0.39 is 11.6 Å². The second-order valence-corrected chi connectivity index (χ2v) is 4.02. The highest BCUT2D eigenvalue weighted by molar-refractivity contribution is 5.93. The van der Waals surface area contributed by atoms with Crippen LogP contribution >= 0.6 is 0 Å². The van der Waals surface area contributed by atoms with Gasteiger partial charge in [0, 0.05) is 10.9 Å². The predicted molar refractivity (Wildman–Crippen MR) is 65.5 cm³/mol. The number of carboxylic acids is 1. The number of carbonyl (C=O) groups is 1. The Hall–Kier alpha value is -2.30. The Kier molecular flexibility index (Phi) is 2.82. The van der Waals surface area contributed by atoms with Gasteiger partial charge in [-0.05, 0) is 31.5 Å². The van der Waals surface area contributed by atoms with Gasteiger partial charge in [0.2, 0.25) is 0 Å². The van der Waals surface area contributed by atoms with Crippen LogP contribution in [-0.2, 0) is 0 Å². The zero-order valence-corrected chi connectivity index (χ0v) is 10.2. The Morgan fingerprint density at radius 3 is 2.56 bits per heavy atom. The Morgan fingerprint density at radius 1 is 1.33 bits per heavy atom. The van der Waals surface area contributed by atoms with Gasteiger partial charge in [-0.2, -0.15) is 0 Å². The van der Waals surface area contributed by atoms with E-state index >= 15 is 0 Å². The number of aromatic carboxylic acids is 1. The Labute approximate surface area is 103 Å². The molecule has 0 aliphatic carbocycles. The van der Waals surface area contributed by atoms with Crippen LogP contribution in [0.1, 0.15) is 21.5 Å². The van der Waals surface area contributed by atoms with Crippen LogP contribution in [0.2, 0.25) is 0 Å². The Morgan fingerprint density at radius 2 is 2.00 bits per heavy atom. The third-order valence-electron chi connectivity index (χ3n) is 2.88. The van der Waals surface area contributed by atoms with Crippen molar-refractivity contribution in [1.82, 2.24) is 0 Å². The molecular formula is C13H12O5. The van der Waals surface area contributed by atoms with E-state index in [0.717, 1.165) is 5.56 Å². The summed E-state index contributed by atoms with van der Waals surface area (Å²) in [4.78, 5) is 22.4. The number of aryl methyl sites for hydroxylation is 2. The van der Waals surface area contributed by atoms with Crippen molar-refractivity contribution < 1.29 is 19.1 Å². The molecule has 5 nitrogen and oxygen atoms in total. The summed E-state index contributed by atoms with van der Waals surface area (Å²) < 4.78 is 10.3. The third kappa shape index (κ3) is 1.73. The van der Waals surface area contributed by atoms with E-state index in [4.69, 9.17) is 14.3 Å². The van der Waals surface area contributed by atoms with Crippen LogP contribution in [0.5, 0.6) is 5.75 Å². The predicted octanol–water partition coefficient (Wildman–Crippen LogP) is 2.12. The normalized spacial score (nSPS) is 10.6. The molecular weight excluding hydrogens is 236 g/mol. The van der Waals surface area contributed by atoms with Crippen molar-refractivity contribution in [2.45, 2.75) is 13.8 Å². The summed E-state index contributed by atoms with van der Waals surface area (Å²) in [6.45, 7) is 3.56. The fraction of sp³-hybridized carbons (Fsp3) is 0.231. The topological polar surface area (TPSA) is 76.7 Å². The van der Waals surface area contributed by atoms with Crippen LogP contribution in [0.4, 0.5) is 0 Å². The lowest BCUT2D eigenvalue weighted by Crippen LogP contribution is -2.13. The molecule has 2 aromatic rings. The van der Waals surface area contributed by atoms with E-state index in [1.165, 1.54) is 13.2 Å². The van der Waals surface area contributed by atoms with Crippen molar-refractivity contribution in [3.05, 3.63) is 39.2 Å². The van der Waals surface area contributed by atoms with E-state index in [1.54, 1.807) is 19.9 Å². The molecule has 94 valence electrons. The first-order chi connectivity index (χ1) is 8.45. The number of ether oxygens (including phenoxy) is 1. The van der Waals surface area contributed by atoms with Crippen LogP contribution in [0.15, 0.2) is 21.3 Å². The molecule has 0 bridgehead atoms. The van der Waals surface area contributed by atoms with Gasteiger partial charge in [0.1, 0.15) is 16.9 Å². The molecule has 0 spiro atoms. The summed E-state index contributed by atoms with van der Waals surface area (Å²) in [7, 11) is 1.53. The number of carboxylic acid groups (broad SMARTS) is 1. The molecule has 0 amide bonds. The number of hydrogen-bond donors (Lipinski definition) is 1. The average Bonchev–Trinajstić information content (AvgIpc) is 2.32. The maximum atomic E-state index is 11.5. The van der Waals surface area contributed by atoms with E-state index in [0.29, 0.717) is 22.3 Å². The highest BCUT2D eigenvalue weighted by Crippen LogP contribution is 2.29. The van der Waals surface area contributed by atoms with Crippen molar-refractivity contribution in [3.63, 3.8) is 0 Å². The fourth-order valence-corrected chi connectivity index (χ4v) is 1.90. The lowest BCUT2D eigenvalue weighted by atomic mass is 10.0. The van der Waals surface area contributed by atoms with Crippen molar-refractivity contribution in [2.75, 3.05) is 7.11 Å². The third-order valence-corrected chi connectivity index (χ3v) is 2.88. The standard InChI is InChI=1S/C13H12O5/c1-6-4-10(17-3)7(2)11-8(6)5-9(12(14)15)13(16)18-11/h4-5H,1-3H3,(H,14,15). The zero-order chi connectivity index (χ0) is 13.4. The Balaban J connectivity index is 2.93. The number of benzene rings is 1. The van der Waals surface area contributed by atoms with Gasteiger partial charge >= 0.3 is 11.6 Å². The first-order valence-corrected chi connectivity index (χ1v) is 5.31. The average molecular weight is 248 g/mol. The molecule has 5 heteroatoms. The molecule has 0 aliphatic rings. The smallest absolute Gasteiger partial charge is 0.351 e. The first-order valence-electron chi connectivity index (χ1n) is 5.31. The summed E-state index contributed by atoms with van der Waals surface area (Å²) in [5.74, 6) is -0.690. The van der Waals surface area contributed by atoms with Crippen molar-refractivity contribution in [3.8, 4) is 5.75 Å². The Bertz CT molecular complexity index is 697. The van der Waals surface area contributed by atoms with Gasteiger partial charge in [-0.15, -0.1) is 0 Å². The van der Waals surface area contributed by atoms with Crippen LogP contribution in [0.25, 0.3) is 11.0 Å². The lowest BCUT2D eigenvalue weighted by Gasteiger charge is -2.10. The maximum absolute atomic E-state index is 11.5. The van der Waals surface area contributed by atoms with Gasteiger partial charge < -0.3 is 14.3 Å². The van der Waals surface area contributed by atoms with Gasteiger partial charge in [-0.25, -0.2) is 9.59 Å². The maximum Gasteiger partial charge on any atom is 0.351 e. The monoisotopic (exact) mass is 248 g/mol. The van der Waals surface area contributed by atoms with Crippen molar-refractivity contribution in [1.29, 1.82) is 0 Å². The number of rotatable bonds is 2. The van der Waals surface area contributed by atoms with E-state index in [2.05, 4.69) is 0 Å². The minimum absolute atomic E-state index is 0.363. The molecule has 0 saturated heterocycles. The number of hydrogen-bond acceptors (Lipinski definition) is 4. The van der Waals surface area contributed by atoms with Crippen LogP contribution < -0.4 is 10.4 Å². The molecule has 1 aromatic carbocycles. The molecule has 1 aromatic heterocycles. The second-order valence-electron chi connectivity index (χ2n) is 4.02. The van der Waals surface area contributed by atoms with Gasteiger partial charge in [0.25, 0.3) is 0 Å². The van der Waals surface area contributed by atoms with Crippen molar-refractivity contribution >= 4 is 16.9 Å². The zero-order valence-electron chi connectivity index (χ0n) is 10.2. The van der Waals surface area contributed by atoms with Gasteiger partial charge in [0.15, 0.2) is 0 Å². The summed E-state index contributed by atoms with van der Waals surface area (Å²) in [6, 6.07) is 3.12. The van der Waals surface area contributed by atoms with Gasteiger partial charge in [0.05, 0.1) is 7.11 Å². The molecule has 1 heterocycles. The van der Waals surface area contributed by atoms with Gasteiger partial charge in [-0.3, -0.25) is 0 Å². The number of fused-ring (bicyclic) bond motifs is 1. The molecule has 0 saturated carbocycles. The number of methoxy groups -OCH3 is 1. The molecule has 0 fully saturated rings. The summed E-state index contributed by atoms with van der Waals surface area (Å²) in [5, 5.41) is 9.50. The molecule has 0 radical (unpaired) electrons. The minimum atomic E-state index is -1.29. The van der Waals surface area contributed by atoms with E-state index in [9.17, 15) is 9.59 Å². The van der Waals surface area contributed by atoms with Crippen LogP contribution in [-0.4, -0.2) is 18.2 Å².